The summed E-state index contributed by atoms with van der Waals surface area (Å²) < 4.78 is 5.22. The summed E-state index contributed by atoms with van der Waals surface area (Å²) in [4.78, 5) is 15.9. The number of carbonyl (C=O) groups is 1. The normalized spacial score (nSPS) is 10.5. The predicted octanol–water partition coefficient (Wildman–Crippen LogP) is 1.68. The number of phenolic OH excluding ortho intramolecular Hbond substituents is 2. The first-order valence-corrected chi connectivity index (χ1v) is 6.20. The van der Waals surface area contributed by atoms with E-state index in [-0.39, 0.29) is 23.2 Å². The number of hydrogen-bond acceptors (Lipinski definition) is 5. The van der Waals surface area contributed by atoms with Crippen molar-refractivity contribution in [1.29, 1.82) is 0 Å². The van der Waals surface area contributed by atoms with Crippen molar-refractivity contribution in [1.82, 2.24) is 10.3 Å². The number of nitrogens with zero attached hydrogens (tertiary/aromatic N) is 1. The fourth-order valence-electron chi connectivity index (χ4n) is 1.87. The molecule has 0 saturated heterocycles. The van der Waals surface area contributed by atoms with E-state index in [4.69, 9.17) is 4.42 Å². The minimum atomic E-state index is -0.314. The lowest BCUT2D eigenvalue weighted by Gasteiger charge is -2.05. The molecular weight excluding hydrogens is 260 g/mol. The van der Waals surface area contributed by atoms with Crippen LogP contribution in [0.5, 0.6) is 11.5 Å². The van der Waals surface area contributed by atoms with E-state index < -0.39 is 0 Å². The molecule has 106 valence electrons. The molecule has 0 spiro atoms. The minimum absolute atomic E-state index is 0.162. The number of benzene rings is 1. The number of carbonyl (C=O) groups excluding carboxylic acids is 1. The molecule has 0 aliphatic rings. The number of aryl methyl sites for hydroxylation is 2. The van der Waals surface area contributed by atoms with Gasteiger partial charge in [-0.05, 0) is 31.0 Å². The fourth-order valence-corrected chi connectivity index (χ4v) is 1.87. The van der Waals surface area contributed by atoms with Gasteiger partial charge in [-0.3, -0.25) is 4.79 Å². The van der Waals surface area contributed by atoms with Gasteiger partial charge in [0.15, 0.2) is 17.4 Å². The molecule has 20 heavy (non-hydrogen) atoms. The van der Waals surface area contributed by atoms with E-state index in [2.05, 4.69) is 10.3 Å². The summed E-state index contributed by atoms with van der Waals surface area (Å²) in [5, 5.41) is 21.3. The topological polar surface area (TPSA) is 95.6 Å². The van der Waals surface area contributed by atoms with E-state index in [0.717, 1.165) is 5.56 Å². The van der Waals surface area contributed by atoms with Crippen LogP contribution in [0.2, 0.25) is 0 Å². The SMILES string of the molecule is Cc1nc(C)c(C(=O)NCCc2ccc(O)c(O)c2)o1. The van der Waals surface area contributed by atoms with E-state index in [9.17, 15) is 15.0 Å². The third-order valence-corrected chi connectivity index (χ3v) is 2.85. The summed E-state index contributed by atoms with van der Waals surface area (Å²) in [5.41, 5.74) is 1.37. The number of rotatable bonds is 4. The van der Waals surface area contributed by atoms with Crippen LogP contribution >= 0.6 is 0 Å². The number of oxazole rings is 1. The van der Waals surface area contributed by atoms with Gasteiger partial charge in [0.25, 0.3) is 5.91 Å². The van der Waals surface area contributed by atoms with Crippen LogP contribution in [0.15, 0.2) is 22.6 Å². The average Bonchev–Trinajstić information content (AvgIpc) is 2.73. The zero-order valence-electron chi connectivity index (χ0n) is 11.3. The van der Waals surface area contributed by atoms with Crippen molar-refractivity contribution >= 4 is 5.91 Å². The van der Waals surface area contributed by atoms with Gasteiger partial charge in [0, 0.05) is 13.5 Å². The number of phenols is 2. The first-order chi connectivity index (χ1) is 9.47. The Balaban J connectivity index is 1.91. The highest BCUT2D eigenvalue weighted by Gasteiger charge is 2.15. The Hall–Kier alpha value is -2.50. The standard InChI is InChI=1S/C14H16N2O4/c1-8-13(20-9(2)16-8)14(19)15-6-5-10-3-4-11(17)12(18)7-10/h3-4,7,17-18H,5-6H2,1-2H3,(H,15,19). The number of hydrogen-bond donors (Lipinski definition) is 3. The van der Waals surface area contributed by atoms with Gasteiger partial charge in [-0.25, -0.2) is 4.98 Å². The summed E-state index contributed by atoms with van der Waals surface area (Å²) >= 11 is 0. The Morgan fingerprint density at radius 1 is 1.30 bits per heavy atom. The molecule has 1 amide bonds. The molecule has 0 radical (unpaired) electrons. The van der Waals surface area contributed by atoms with Gasteiger partial charge in [-0.1, -0.05) is 6.07 Å². The van der Waals surface area contributed by atoms with Crippen LogP contribution in [0.3, 0.4) is 0 Å². The molecule has 0 unspecified atom stereocenters. The highest BCUT2D eigenvalue weighted by molar-refractivity contribution is 5.92. The second kappa shape index (κ2) is 5.64. The van der Waals surface area contributed by atoms with Crippen LogP contribution in [0, 0.1) is 13.8 Å². The van der Waals surface area contributed by atoms with Gasteiger partial charge in [0.05, 0.1) is 5.69 Å². The van der Waals surface area contributed by atoms with Crippen molar-refractivity contribution in [2.45, 2.75) is 20.3 Å². The molecule has 0 aliphatic carbocycles. The molecule has 6 nitrogen and oxygen atoms in total. The second-order valence-corrected chi connectivity index (χ2v) is 4.48. The van der Waals surface area contributed by atoms with Gasteiger partial charge < -0.3 is 19.9 Å². The highest BCUT2D eigenvalue weighted by atomic mass is 16.4. The third-order valence-electron chi connectivity index (χ3n) is 2.85. The maximum Gasteiger partial charge on any atom is 0.289 e. The molecule has 1 aromatic carbocycles. The molecule has 3 N–H and O–H groups in total. The maximum absolute atomic E-state index is 11.9. The quantitative estimate of drug-likeness (QED) is 0.738. The summed E-state index contributed by atoms with van der Waals surface area (Å²) in [6.45, 7) is 3.79. The van der Waals surface area contributed by atoms with Crippen LogP contribution in [0.25, 0.3) is 0 Å². The van der Waals surface area contributed by atoms with Crippen molar-refractivity contribution in [2.24, 2.45) is 0 Å². The zero-order valence-corrected chi connectivity index (χ0v) is 11.3. The Labute approximate surface area is 116 Å². The van der Waals surface area contributed by atoms with Gasteiger partial charge in [0.2, 0.25) is 5.76 Å². The fraction of sp³-hybridized carbons (Fsp3) is 0.286. The number of amides is 1. The molecule has 6 heteroatoms. The molecule has 0 fully saturated rings. The Morgan fingerprint density at radius 3 is 2.65 bits per heavy atom. The summed E-state index contributed by atoms with van der Waals surface area (Å²) in [6, 6.07) is 4.56. The average molecular weight is 276 g/mol. The Bertz CT molecular complexity index is 634. The number of aromatic hydroxyl groups is 2. The molecule has 0 bridgehead atoms. The molecule has 0 saturated carbocycles. The Morgan fingerprint density at radius 2 is 2.05 bits per heavy atom. The smallest absolute Gasteiger partial charge is 0.289 e. The monoisotopic (exact) mass is 276 g/mol. The van der Waals surface area contributed by atoms with Crippen LogP contribution in [0.4, 0.5) is 0 Å². The predicted molar refractivity (Wildman–Crippen MR) is 71.8 cm³/mol. The van der Waals surface area contributed by atoms with Crippen molar-refractivity contribution in [3.05, 3.63) is 41.1 Å². The molecule has 0 aliphatic heterocycles. The Kier molecular flexibility index (Phi) is 3.93. The summed E-state index contributed by atoms with van der Waals surface area (Å²) in [7, 11) is 0. The molecule has 1 heterocycles. The van der Waals surface area contributed by atoms with E-state index in [1.807, 2.05) is 0 Å². The number of aromatic nitrogens is 1. The van der Waals surface area contributed by atoms with Crippen LogP contribution in [-0.4, -0.2) is 27.6 Å². The lowest BCUT2D eigenvalue weighted by molar-refractivity contribution is 0.0924. The highest BCUT2D eigenvalue weighted by Crippen LogP contribution is 2.24. The lowest BCUT2D eigenvalue weighted by atomic mass is 10.1. The third kappa shape index (κ3) is 3.09. The van der Waals surface area contributed by atoms with Gasteiger partial charge in [-0.15, -0.1) is 0 Å². The zero-order chi connectivity index (χ0) is 14.7. The van der Waals surface area contributed by atoms with E-state index >= 15 is 0 Å². The van der Waals surface area contributed by atoms with E-state index in [1.165, 1.54) is 12.1 Å². The largest absolute Gasteiger partial charge is 0.504 e. The van der Waals surface area contributed by atoms with Crippen LogP contribution in [0.1, 0.15) is 27.7 Å². The maximum atomic E-state index is 11.9. The van der Waals surface area contributed by atoms with E-state index in [0.29, 0.717) is 24.6 Å². The first kappa shape index (κ1) is 13.9. The first-order valence-electron chi connectivity index (χ1n) is 6.20. The van der Waals surface area contributed by atoms with Gasteiger partial charge in [0.1, 0.15) is 0 Å². The van der Waals surface area contributed by atoms with Crippen molar-refractivity contribution in [3.63, 3.8) is 0 Å². The van der Waals surface area contributed by atoms with Crippen LogP contribution < -0.4 is 5.32 Å². The van der Waals surface area contributed by atoms with Gasteiger partial charge >= 0.3 is 0 Å². The summed E-state index contributed by atoms with van der Waals surface area (Å²) in [6.07, 6.45) is 0.533. The summed E-state index contributed by atoms with van der Waals surface area (Å²) in [5.74, 6) is 0.0272. The van der Waals surface area contributed by atoms with Crippen molar-refractivity contribution < 1.29 is 19.4 Å². The number of nitrogens with one attached hydrogen (secondary N) is 1. The molecule has 1 aromatic heterocycles. The molecule has 2 rings (SSSR count). The second-order valence-electron chi connectivity index (χ2n) is 4.48. The molecule has 0 atom stereocenters. The van der Waals surface area contributed by atoms with E-state index in [1.54, 1.807) is 19.9 Å². The van der Waals surface area contributed by atoms with Crippen molar-refractivity contribution in [3.8, 4) is 11.5 Å². The lowest BCUT2D eigenvalue weighted by Crippen LogP contribution is -2.25. The van der Waals surface area contributed by atoms with Crippen LogP contribution in [-0.2, 0) is 6.42 Å². The molecular formula is C14H16N2O4. The minimum Gasteiger partial charge on any atom is -0.504 e. The van der Waals surface area contributed by atoms with Crippen molar-refractivity contribution in [2.75, 3.05) is 6.54 Å². The molecule has 2 aromatic rings. The van der Waals surface area contributed by atoms with Gasteiger partial charge in [-0.2, -0.15) is 0 Å².